The zero-order chi connectivity index (χ0) is 15.1. The number of rotatable bonds is 9. The molecule has 116 valence electrons. The molecule has 1 fully saturated rings. The van der Waals surface area contributed by atoms with Crippen LogP contribution >= 0.6 is 11.6 Å². The van der Waals surface area contributed by atoms with Crippen molar-refractivity contribution in [3.8, 4) is 0 Å². The Bertz CT molecular complexity index is 478. The predicted octanol–water partition coefficient (Wildman–Crippen LogP) is 2.71. The molecule has 5 nitrogen and oxygen atoms in total. The molecular formula is C15H22ClN3O2. The third-order valence-electron chi connectivity index (χ3n) is 3.25. The summed E-state index contributed by atoms with van der Waals surface area (Å²) in [7, 11) is 0. The van der Waals surface area contributed by atoms with Gasteiger partial charge in [0, 0.05) is 32.5 Å². The van der Waals surface area contributed by atoms with E-state index in [2.05, 4.69) is 15.6 Å². The first-order valence-electron chi connectivity index (χ1n) is 7.46. The molecule has 0 saturated heterocycles. The first-order valence-corrected chi connectivity index (χ1v) is 7.84. The molecule has 2 N–H and O–H groups in total. The maximum absolute atomic E-state index is 11.9. The number of nitrogens with one attached hydrogen (secondary N) is 2. The highest BCUT2D eigenvalue weighted by atomic mass is 35.5. The van der Waals surface area contributed by atoms with E-state index in [-0.39, 0.29) is 5.91 Å². The molecule has 1 aliphatic rings. The summed E-state index contributed by atoms with van der Waals surface area (Å²) in [5.74, 6) is 1.22. The molecule has 1 aromatic heterocycles. The van der Waals surface area contributed by atoms with Crippen LogP contribution in [0, 0.1) is 5.92 Å². The van der Waals surface area contributed by atoms with Crippen molar-refractivity contribution < 1.29 is 9.53 Å². The Morgan fingerprint density at radius 1 is 1.52 bits per heavy atom. The molecule has 0 bridgehead atoms. The second kappa shape index (κ2) is 8.20. The number of carbonyl (C=O) groups excluding carboxylic acids is 1. The Hall–Kier alpha value is -1.33. The maximum atomic E-state index is 11.9. The SMILES string of the molecule is CCNc1ncc(C(=O)NCCCOCC2CC2)cc1Cl. The van der Waals surface area contributed by atoms with Crippen molar-refractivity contribution in [2.24, 2.45) is 5.92 Å². The Balaban J connectivity index is 1.68. The quantitative estimate of drug-likeness (QED) is 0.688. The molecule has 1 aromatic rings. The second-order valence-corrected chi connectivity index (χ2v) is 5.62. The van der Waals surface area contributed by atoms with Gasteiger partial charge in [-0.3, -0.25) is 4.79 Å². The van der Waals surface area contributed by atoms with E-state index in [4.69, 9.17) is 16.3 Å². The van der Waals surface area contributed by atoms with Gasteiger partial charge in [0.15, 0.2) is 0 Å². The summed E-state index contributed by atoms with van der Waals surface area (Å²) in [4.78, 5) is 16.1. The summed E-state index contributed by atoms with van der Waals surface area (Å²) in [5.41, 5.74) is 0.473. The lowest BCUT2D eigenvalue weighted by atomic mass is 10.2. The van der Waals surface area contributed by atoms with Gasteiger partial charge in [-0.2, -0.15) is 0 Å². The lowest BCUT2D eigenvalue weighted by Gasteiger charge is -2.08. The van der Waals surface area contributed by atoms with E-state index in [0.717, 1.165) is 25.5 Å². The van der Waals surface area contributed by atoms with Crippen LogP contribution in [0.4, 0.5) is 5.82 Å². The first-order chi connectivity index (χ1) is 10.2. The van der Waals surface area contributed by atoms with Crippen LogP contribution in [0.15, 0.2) is 12.3 Å². The molecule has 0 aromatic carbocycles. The largest absolute Gasteiger partial charge is 0.381 e. The summed E-state index contributed by atoms with van der Waals surface area (Å²) in [6.07, 6.45) is 4.94. The lowest BCUT2D eigenvalue weighted by molar-refractivity contribution is 0.0937. The molecule has 1 heterocycles. The average molecular weight is 312 g/mol. The molecule has 0 aliphatic heterocycles. The monoisotopic (exact) mass is 311 g/mol. The number of halogens is 1. The fourth-order valence-electron chi connectivity index (χ4n) is 1.87. The van der Waals surface area contributed by atoms with Gasteiger partial charge in [-0.1, -0.05) is 11.6 Å². The van der Waals surface area contributed by atoms with Crippen LogP contribution in [-0.4, -0.2) is 37.2 Å². The number of nitrogens with zero attached hydrogens (tertiary/aromatic N) is 1. The van der Waals surface area contributed by atoms with E-state index < -0.39 is 0 Å². The minimum absolute atomic E-state index is 0.158. The molecule has 0 unspecified atom stereocenters. The van der Waals surface area contributed by atoms with Crippen LogP contribution in [-0.2, 0) is 4.74 Å². The van der Waals surface area contributed by atoms with E-state index in [1.54, 1.807) is 6.07 Å². The Kier molecular flexibility index (Phi) is 6.26. The van der Waals surface area contributed by atoms with Crippen LogP contribution in [0.5, 0.6) is 0 Å². The van der Waals surface area contributed by atoms with E-state index in [0.29, 0.717) is 29.6 Å². The molecule has 6 heteroatoms. The average Bonchev–Trinajstić information content (AvgIpc) is 3.29. The number of hydrogen-bond acceptors (Lipinski definition) is 4. The topological polar surface area (TPSA) is 63.2 Å². The molecule has 2 rings (SSSR count). The Morgan fingerprint density at radius 3 is 3.00 bits per heavy atom. The Labute approximate surface area is 130 Å². The van der Waals surface area contributed by atoms with Crippen LogP contribution in [0.25, 0.3) is 0 Å². The van der Waals surface area contributed by atoms with Gasteiger partial charge in [-0.05, 0) is 38.2 Å². The van der Waals surface area contributed by atoms with Gasteiger partial charge in [0.2, 0.25) is 0 Å². The molecule has 1 saturated carbocycles. The zero-order valence-electron chi connectivity index (χ0n) is 12.3. The fraction of sp³-hybridized carbons (Fsp3) is 0.600. The molecule has 1 aliphatic carbocycles. The maximum Gasteiger partial charge on any atom is 0.252 e. The van der Waals surface area contributed by atoms with Crippen LogP contribution < -0.4 is 10.6 Å². The van der Waals surface area contributed by atoms with Crippen molar-refractivity contribution >= 4 is 23.3 Å². The molecule has 21 heavy (non-hydrogen) atoms. The van der Waals surface area contributed by atoms with E-state index >= 15 is 0 Å². The van der Waals surface area contributed by atoms with E-state index in [9.17, 15) is 4.79 Å². The number of anilines is 1. The minimum Gasteiger partial charge on any atom is -0.381 e. The summed E-state index contributed by atoms with van der Waals surface area (Å²) in [6, 6.07) is 1.63. The van der Waals surface area contributed by atoms with Crippen molar-refractivity contribution in [3.63, 3.8) is 0 Å². The number of amides is 1. The fourth-order valence-corrected chi connectivity index (χ4v) is 2.11. The third kappa shape index (κ3) is 5.52. The molecular weight excluding hydrogens is 290 g/mol. The number of aromatic nitrogens is 1. The van der Waals surface area contributed by atoms with Crippen LogP contribution in [0.3, 0.4) is 0 Å². The van der Waals surface area contributed by atoms with Gasteiger partial charge >= 0.3 is 0 Å². The highest BCUT2D eigenvalue weighted by Gasteiger charge is 2.20. The third-order valence-corrected chi connectivity index (χ3v) is 3.54. The summed E-state index contributed by atoms with van der Waals surface area (Å²) >= 11 is 6.07. The van der Waals surface area contributed by atoms with E-state index in [1.807, 2.05) is 6.92 Å². The zero-order valence-corrected chi connectivity index (χ0v) is 13.1. The molecule has 0 radical (unpaired) electrons. The highest BCUT2D eigenvalue weighted by molar-refractivity contribution is 6.33. The number of hydrogen-bond donors (Lipinski definition) is 2. The minimum atomic E-state index is -0.158. The Morgan fingerprint density at radius 2 is 2.33 bits per heavy atom. The highest BCUT2D eigenvalue weighted by Crippen LogP contribution is 2.28. The summed E-state index contributed by atoms with van der Waals surface area (Å²) in [5, 5.41) is 6.33. The molecule has 1 amide bonds. The van der Waals surface area contributed by atoms with Gasteiger partial charge in [0.05, 0.1) is 10.6 Å². The van der Waals surface area contributed by atoms with Crippen molar-refractivity contribution in [2.45, 2.75) is 26.2 Å². The van der Waals surface area contributed by atoms with Crippen molar-refractivity contribution in [2.75, 3.05) is 31.6 Å². The van der Waals surface area contributed by atoms with Crippen molar-refractivity contribution in [3.05, 3.63) is 22.8 Å². The summed E-state index contributed by atoms with van der Waals surface area (Å²) < 4.78 is 5.51. The molecule has 0 spiro atoms. The van der Waals surface area contributed by atoms with Gasteiger partial charge < -0.3 is 15.4 Å². The van der Waals surface area contributed by atoms with Gasteiger partial charge in [0.25, 0.3) is 5.91 Å². The smallest absolute Gasteiger partial charge is 0.252 e. The van der Waals surface area contributed by atoms with Gasteiger partial charge in [0.1, 0.15) is 5.82 Å². The number of ether oxygens (including phenoxy) is 1. The number of carbonyl (C=O) groups is 1. The lowest BCUT2D eigenvalue weighted by Crippen LogP contribution is -2.25. The van der Waals surface area contributed by atoms with Crippen molar-refractivity contribution in [1.29, 1.82) is 0 Å². The van der Waals surface area contributed by atoms with Crippen molar-refractivity contribution in [1.82, 2.24) is 10.3 Å². The number of pyridine rings is 1. The van der Waals surface area contributed by atoms with Crippen LogP contribution in [0.1, 0.15) is 36.5 Å². The van der Waals surface area contributed by atoms with Crippen LogP contribution in [0.2, 0.25) is 5.02 Å². The normalized spacial score (nSPS) is 14.0. The van der Waals surface area contributed by atoms with Gasteiger partial charge in [-0.15, -0.1) is 0 Å². The van der Waals surface area contributed by atoms with Gasteiger partial charge in [-0.25, -0.2) is 4.98 Å². The predicted molar refractivity (Wildman–Crippen MR) is 83.9 cm³/mol. The van der Waals surface area contributed by atoms with E-state index in [1.165, 1.54) is 19.0 Å². The first kappa shape index (κ1) is 16.0. The summed E-state index contributed by atoms with van der Waals surface area (Å²) in [6.45, 7) is 4.84. The second-order valence-electron chi connectivity index (χ2n) is 5.21. The molecule has 0 atom stereocenters. The standard InChI is InChI=1S/C15H22ClN3O2/c1-2-17-14-13(16)8-12(9-19-14)15(20)18-6-3-7-21-10-11-4-5-11/h8-9,11H,2-7,10H2,1H3,(H,17,19)(H,18,20).